The maximum Gasteiger partial charge on any atom is 0.369 e. The van der Waals surface area contributed by atoms with Gasteiger partial charge in [-0.25, -0.2) is 0 Å². The summed E-state index contributed by atoms with van der Waals surface area (Å²) in [5.41, 5.74) is 1.66. The summed E-state index contributed by atoms with van der Waals surface area (Å²) in [6.07, 6.45) is -1.19. The quantitative estimate of drug-likeness (QED) is 0.189. The van der Waals surface area contributed by atoms with Gasteiger partial charge in [-0.05, 0) is 55.0 Å². The Kier molecular flexibility index (Phi) is 7.16. The van der Waals surface area contributed by atoms with Crippen LogP contribution in [0.2, 0.25) is 0 Å². The summed E-state index contributed by atoms with van der Waals surface area (Å²) < 4.78 is 33.7. The lowest BCUT2D eigenvalue weighted by Gasteiger charge is -2.29. The van der Waals surface area contributed by atoms with E-state index >= 15 is 0 Å². The predicted molar refractivity (Wildman–Crippen MR) is 119 cm³/mol. The molecule has 0 aliphatic carbocycles. The summed E-state index contributed by atoms with van der Waals surface area (Å²) in [6.45, 7) is -0.179. The molecule has 11 nitrogen and oxygen atoms in total. The van der Waals surface area contributed by atoms with Gasteiger partial charge in [0.25, 0.3) is 11.0 Å². The van der Waals surface area contributed by atoms with Crippen molar-refractivity contribution in [1.29, 1.82) is 0 Å². The van der Waals surface area contributed by atoms with Crippen LogP contribution in [0.3, 0.4) is 0 Å². The number of rotatable bonds is 9. The third-order valence-electron chi connectivity index (χ3n) is 5.06. The lowest BCUT2D eigenvalue weighted by Crippen LogP contribution is -2.31. The molecular formula is C20H23NO10P2. The third kappa shape index (κ3) is 5.37. The van der Waals surface area contributed by atoms with Crippen LogP contribution >= 0.6 is 15.2 Å². The van der Waals surface area contributed by atoms with Gasteiger partial charge in [0, 0.05) is 29.5 Å². The summed E-state index contributed by atoms with van der Waals surface area (Å²) in [4.78, 5) is 49.0. The Hall–Kier alpha value is -2.49. The van der Waals surface area contributed by atoms with Crippen LogP contribution in [0.1, 0.15) is 23.2 Å². The van der Waals surface area contributed by atoms with Gasteiger partial charge in [-0.2, -0.15) is 0 Å². The van der Waals surface area contributed by atoms with E-state index in [0.29, 0.717) is 22.5 Å². The Balaban J connectivity index is 1.66. The van der Waals surface area contributed by atoms with E-state index in [1.807, 2.05) is 12.1 Å². The second-order valence-electron chi connectivity index (χ2n) is 7.31. The SMILES string of the molecule is COc1ccc(-c2cc3cc(C(=O)NCCCC(O)(P(=O)(O)O)P(=O)(O)O)ccc3o2)cc1. The molecule has 1 aromatic heterocycles. The number of ether oxygens (including phenoxy) is 1. The standard InChI is InChI=1S/C20H23NO10P2/c1-30-16-6-3-13(4-7-16)18-12-15-11-14(5-8-17(15)31-18)19(22)21-10-2-9-20(23,32(24,25)26)33(27,28)29/h3-8,11-12,23H,2,9-10H2,1H3,(H,21,22)(H2,24,25,26)(H2,27,28,29). The molecule has 0 fully saturated rings. The number of aliphatic hydroxyl groups is 1. The lowest BCUT2D eigenvalue weighted by atomic mass is 10.1. The van der Waals surface area contributed by atoms with Crippen molar-refractivity contribution in [2.24, 2.45) is 0 Å². The first-order valence-corrected chi connectivity index (χ1v) is 12.9. The molecule has 0 aliphatic heterocycles. The molecule has 0 atom stereocenters. The van der Waals surface area contributed by atoms with E-state index in [0.717, 1.165) is 5.56 Å². The van der Waals surface area contributed by atoms with E-state index in [-0.39, 0.29) is 18.5 Å². The number of furan rings is 1. The molecule has 0 unspecified atom stereocenters. The normalized spacial score (nSPS) is 12.7. The smallest absolute Gasteiger partial charge is 0.369 e. The molecule has 0 aliphatic rings. The zero-order valence-electron chi connectivity index (χ0n) is 17.4. The summed E-state index contributed by atoms with van der Waals surface area (Å²) >= 11 is 0. The van der Waals surface area contributed by atoms with Gasteiger partial charge in [0.2, 0.25) is 0 Å². The maximum atomic E-state index is 12.4. The van der Waals surface area contributed by atoms with Gasteiger partial charge in [-0.3, -0.25) is 13.9 Å². The van der Waals surface area contributed by atoms with Crippen LogP contribution in [0, 0.1) is 0 Å². The zero-order chi connectivity index (χ0) is 24.4. The molecular weight excluding hydrogens is 476 g/mol. The molecule has 0 saturated carbocycles. The van der Waals surface area contributed by atoms with E-state index in [2.05, 4.69) is 5.32 Å². The van der Waals surface area contributed by atoms with Crippen LogP contribution in [-0.4, -0.2) is 49.3 Å². The molecule has 0 bridgehead atoms. The molecule has 178 valence electrons. The fourth-order valence-electron chi connectivity index (χ4n) is 3.17. The fraction of sp³-hybridized carbons (Fsp3) is 0.250. The summed E-state index contributed by atoms with van der Waals surface area (Å²) in [7, 11) is -9.48. The van der Waals surface area contributed by atoms with Gasteiger partial charge in [-0.1, -0.05) is 0 Å². The second kappa shape index (κ2) is 9.40. The zero-order valence-corrected chi connectivity index (χ0v) is 19.2. The molecule has 3 rings (SSSR count). The largest absolute Gasteiger partial charge is 0.497 e. The predicted octanol–water partition coefficient (Wildman–Crippen LogP) is 2.62. The number of methoxy groups -OCH3 is 1. The van der Waals surface area contributed by atoms with E-state index in [9.17, 15) is 19.0 Å². The van der Waals surface area contributed by atoms with Crippen molar-refractivity contribution in [1.82, 2.24) is 5.32 Å². The average molecular weight is 499 g/mol. The molecule has 1 heterocycles. The number of carbonyl (C=O) groups excluding carboxylic acids is 1. The van der Waals surface area contributed by atoms with Crippen LogP contribution in [0.25, 0.3) is 22.3 Å². The Morgan fingerprint density at radius 2 is 1.67 bits per heavy atom. The van der Waals surface area contributed by atoms with Crippen LogP contribution in [0.5, 0.6) is 5.75 Å². The van der Waals surface area contributed by atoms with Crippen LogP contribution in [-0.2, 0) is 9.13 Å². The fourth-order valence-corrected chi connectivity index (χ4v) is 5.43. The Morgan fingerprint density at radius 1 is 1.03 bits per heavy atom. The number of hydrogen-bond donors (Lipinski definition) is 6. The lowest BCUT2D eigenvalue weighted by molar-refractivity contribution is 0.0946. The number of fused-ring (bicyclic) bond motifs is 1. The van der Waals surface area contributed by atoms with E-state index in [1.165, 1.54) is 6.07 Å². The molecule has 13 heteroatoms. The summed E-state index contributed by atoms with van der Waals surface area (Å²) in [6, 6.07) is 13.8. The van der Waals surface area contributed by atoms with E-state index in [4.69, 9.17) is 28.7 Å². The van der Waals surface area contributed by atoms with Crippen molar-refractivity contribution in [3.05, 3.63) is 54.1 Å². The minimum atomic E-state index is -5.52. The highest BCUT2D eigenvalue weighted by Gasteiger charge is 2.58. The number of carbonyl (C=O) groups is 1. The minimum absolute atomic E-state index is 0.179. The Bertz CT molecular complexity index is 1220. The summed E-state index contributed by atoms with van der Waals surface area (Å²) in [5, 5.41) is 9.51. The van der Waals surface area contributed by atoms with Gasteiger partial charge >= 0.3 is 15.2 Å². The van der Waals surface area contributed by atoms with Crippen LogP contribution < -0.4 is 10.1 Å². The number of amides is 1. The maximum absolute atomic E-state index is 12.4. The van der Waals surface area contributed by atoms with Gasteiger partial charge in [0.15, 0.2) is 0 Å². The van der Waals surface area contributed by atoms with Crippen molar-refractivity contribution in [3.63, 3.8) is 0 Å². The average Bonchev–Trinajstić information content (AvgIpc) is 3.18. The van der Waals surface area contributed by atoms with Gasteiger partial charge in [-0.15, -0.1) is 0 Å². The molecule has 6 N–H and O–H groups in total. The van der Waals surface area contributed by atoms with Crippen LogP contribution in [0.4, 0.5) is 0 Å². The van der Waals surface area contributed by atoms with Crippen LogP contribution in [0.15, 0.2) is 52.9 Å². The van der Waals surface area contributed by atoms with E-state index in [1.54, 1.807) is 37.4 Å². The molecule has 33 heavy (non-hydrogen) atoms. The third-order valence-corrected chi connectivity index (χ3v) is 8.94. The topological polar surface area (TPSA) is 187 Å². The molecule has 3 aromatic rings. The first-order chi connectivity index (χ1) is 15.4. The molecule has 0 saturated heterocycles. The summed E-state index contributed by atoms with van der Waals surface area (Å²) in [5.74, 6) is 0.785. The van der Waals surface area contributed by atoms with Crippen molar-refractivity contribution in [2.75, 3.05) is 13.7 Å². The van der Waals surface area contributed by atoms with Crippen molar-refractivity contribution in [3.8, 4) is 17.1 Å². The first-order valence-electron chi connectivity index (χ1n) is 9.65. The Morgan fingerprint density at radius 3 is 2.24 bits per heavy atom. The molecule has 0 radical (unpaired) electrons. The van der Waals surface area contributed by atoms with Gasteiger partial charge in [0.05, 0.1) is 7.11 Å². The first kappa shape index (κ1) is 25.1. The highest BCUT2D eigenvalue weighted by Crippen LogP contribution is 2.69. The molecule has 1 amide bonds. The Labute approximate surface area is 188 Å². The molecule has 2 aromatic carbocycles. The highest BCUT2D eigenvalue weighted by atomic mass is 31.2. The van der Waals surface area contributed by atoms with E-state index < -0.39 is 32.6 Å². The van der Waals surface area contributed by atoms with Crippen molar-refractivity contribution >= 4 is 32.1 Å². The van der Waals surface area contributed by atoms with Crippen molar-refractivity contribution < 1.29 is 47.8 Å². The van der Waals surface area contributed by atoms with Gasteiger partial charge < -0.3 is 39.2 Å². The minimum Gasteiger partial charge on any atom is -0.497 e. The van der Waals surface area contributed by atoms with Crippen molar-refractivity contribution in [2.45, 2.75) is 17.9 Å². The van der Waals surface area contributed by atoms with Gasteiger partial charge in [0.1, 0.15) is 17.1 Å². The molecule has 0 spiro atoms. The number of benzene rings is 2. The monoisotopic (exact) mass is 499 g/mol. The number of nitrogens with one attached hydrogen (secondary N) is 1. The second-order valence-corrected chi connectivity index (χ2v) is 11.3. The highest BCUT2D eigenvalue weighted by molar-refractivity contribution is 7.72. The number of hydrogen-bond acceptors (Lipinski definition) is 6.